The number of aromatic nitrogens is 1. The summed E-state index contributed by atoms with van der Waals surface area (Å²) in [5.41, 5.74) is 3.24. The van der Waals surface area contributed by atoms with Crippen LogP contribution in [0.15, 0.2) is 12.3 Å². The minimum Gasteiger partial charge on any atom is -0.449 e. The molecule has 1 aromatic heterocycles. The predicted molar refractivity (Wildman–Crippen MR) is 62.8 cm³/mol. The molecule has 0 radical (unpaired) electrons. The molecule has 1 rings (SSSR count). The van der Waals surface area contributed by atoms with Gasteiger partial charge in [-0.25, -0.2) is 4.79 Å². The number of carbonyl (C=O) groups excluding carboxylic acids is 1. The monoisotopic (exact) mass is 296 g/mol. The zero-order chi connectivity index (χ0) is 14.8. The van der Waals surface area contributed by atoms with Crippen LogP contribution in [-0.4, -0.2) is 17.7 Å². The minimum atomic E-state index is -4.51. The predicted octanol–water partition coefficient (Wildman–Crippen LogP) is 3.13. The number of ether oxygens (including phenoxy) is 1. The topological polar surface area (TPSA) is 65.2 Å². The summed E-state index contributed by atoms with van der Waals surface area (Å²) < 4.78 is 42.0. The fraction of sp³-hybridized carbons (Fsp3) is 0.455. The van der Waals surface area contributed by atoms with Crippen LogP contribution < -0.4 is 5.73 Å². The number of alkyl halides is 3. The van der Waals surface area contributed by atoms with Crippen molar-refractivity contribution < 1.29 is 22.7 Å². The molecule has 0 aliphatic heterocycles. The van der Waals surface area contributed by atoms with Crippen molar-refractivity contribution in [1.82, 2.24) is 4.98 Å². The molecular weight excluding hydrogens is 285 g/mol. The lowest BCUT2D eigenvalue weighted by Crippen LogP contribution is -2.29. The Hall–Kier alpha value is -1.50. The Kier molecular flexibility index (Phi) is 4.29. The molecule has 0 aromatic carbocycles. The van der Waals surface area contributed by atoms with Gasteiger partial charge in [0, 0.05) is 11.6 Å². The Bertz CT molecular complexity index is 489. The summed E-state index contributed by atoms with van der Waals surface area (Å²) in [5, 5.41) is -0.145. The van der Waals surface area contributed by atoms with Crippen LogP contribution in [0.1, 0.15) is 25.1 Å². The number of primary amides is 1. The smallest absolute Gasteiger partial charge is 0.417 e. The van der Waals surface area contributed by atoms with Gasteiger partial charge in [0.15, 0.2) is 0 Å². The molecule has 1 aromatic rings. The molecule has 4 nitrogen and oxygen atoms in total. The van der Waals surface area contributed by atoms with Crippen LogP contribution in [0.4, 0.5) is 18.0 Å². The van der Waals surface area contributed by atoms with Crippen molar-refractivity contribution in [3.05, 3.63) is 28.5 Å². The molecule has 8 heteroatoms. The standard InChI is InChI=1S/C11H12ClF3N2O2/c1-10(2,5-19-9(16)18)8-7(12)3-6(4-17-8)11(13,14)15/h3-4H,5H2,1-2H3,(H2,16,18). The number of hydrogen-bond acceptors (Lipinski definition) is 3. The van der Waals surface area contributed by atoms with E-state index in [1.54, 1.807) is 13.8 Å². The maximum atomic E-state index is 12.5. The van der Waals surface area contributed by atoms with E-state index in [4.69, 9.17) is 17.3 Å². The maximum absolute atomic E-state index is 12.5. The van der Waals surface area contributed by atoms with Gasteiger partial charge in [-0.1, -0.05) is 25.4 Å². The van der Waals surface area contributed by atoms with E-state index in [1.807, 2.05) is 0 Å². The van der Waals surface area contributed by atoms with Crippen LogP contribution in [0.2, 0.25) is 5.02 Å². The van der Waals surface area contributed by atoms with Crippen molar-refractivity contribution in [2.75, 3.05) is 6.61 Å². The van der Waals surface area contributed by atoms with Crippen LogP contribution in [0.25, 0.3) is 0 Å². The van der Waals surface area contributed by atoms with Gasteiger partial charge in [0.05, 0.1) is 16.3 Å². The molecule has 0 fully saturated rings. The third-order valence-corrected chi connectivity index (χ3v) is 2.67. The van der Waals surface area contributed by atoms with E-state index in [0.29, 0.717) is 6.20 Å². The maximum Gasteiger partial charge on any atom is 0.417 e. The highest BCUT2D eigenvalue weighted by Gasteiger charge is 2.34. The summed E-state index contributed by atoms with van der Waals surface area (Å²) in [6.07, 6.45) is -4.80. The summed E-state index contributed by atoms with van der Waals surface area (Å²) in [5.74, 6) is 0. The highest BCUT2D eigenvalue weighted by atomic mass is 35.5. The molecule has 0 aliphatic rings. The molecule has 106 valence electrons. The van der Waals surface area contributed by atoms with Crippen molar-refractivity contribution in [2.24, 2.45) is 5.73 Å². The number of halogens is 4. The summed E-state index contributed by atoms with van der Waals surface area (Å²) in [7, 11) is 0. The first-order valence-corrected chi connectivity index (χ1v) is 5.57. The van der Waals surface area contributed by atoms with Gasteiger partial charge in [0.2, 0.25) is 0 Å². The van der Waals surface area contributed by atoms with Gasteiger partial charge < -0.3 is 10.5 Å². The van der Waals surface area contributed by atoms with Gasteiger partial charge in [0.1, 0.15) is 6.61 Å². The number of rotatable bonds is 3. The average molecular weight is 297 g/mol. The van der Waals surface area contributed by atoms with Crippen LogP contribution >= 0.6 is 11.6 Å². The Balaban J connectivity index is 3.05. The summed E-state index contributed by atoms with van der Waals surface area (Å²) in [6.45, 7) is 3.11. The molecule has 0 saturated carbocycles. The van der Waals surface area contributed by atoms with Gasteiger partial charge >= 0.3 is 12.3 Å². The third-order valence-electron chi connectivity index (χ3n) is 2.38. The minimum absolute atomic E-state index is 0.138. The van der Waals surface area contributed by atoms with Crippen molar-refractivity contribution in [2.45, 2.75) is 25.4 Å². The number of amides is 1. The van der Waals surface area contributed by atoms with E-state index in [2.05, 4.69) is 9.72 Å². The fourth-order valence-corrected chi connectivity index (χ4v) is 1.83. The van der Waals surface area contributed by atoms with Gasteiger partial charge in [-0.2, -0.15) is 13.2 Å². The van der Waals surface area contributed by atoms with E-state index in [-0.39, 0.29) is 17.3 Å². The van der Waals surface area contributed by atoms with Crippen molar-refractivity contribution in [1.29, 1.82) is 0 Å². The van der Waals surface area contributed by atoms with E-state index in [0.717, 1.165) is 6.07 Å². The second kappa shape index (κ2) is 5.24. The number of nitrogens with zero attached hydrogens (tertiary/aromatic N) is 1. The lowest BCUT2D eigenvalue weighted by atomic mass is 9.89. The lowest BCUT2D eigenvalue weighted by molar-refractivity contribution is -0.137. The quantitative estimate of drug-likeness (QED) is 0.932. The Morgan fingerprint density at radius 1 is 1.47 bits per heavy atom. The van der Waals surface area contributed by atoms with Crippen molar-refractivity contribution >= 4 is 17.7 Å². The summed E-state index contributed by atoms with van der Waals surface area (Å²) >= 11 is 5.80. The highest BCUT2D eigenvalue weighted by molar-refractivity contribution is 6.31. The SMILES string of the molecule is CC(C)(COC(N)=O)c1ncc(C(F)(F)F)cc1Cl. The Morgan fingerprint density at radius 2 is 2.05 bits per heavy atom. The highest BCUT2D eigenvalue weighted by Crippen LogP contribution is 2.34. The van der Waals surface area contributed by atoms with E-state index < -0.39 is 23.2 Å². The molecule has 19 heavy (non-hydrogen) atoms. The van der Waals surface area contributed by atoms with Gasteiger partial charge in [-0.05, 0) is 6.07 Å². The van der Waals surface area contributed by atoms with Crippen LogP contribution in [0.5, 0.6) is 0 Å². The first-order chi connectivity index (χ1) is 8.54. The first kappa shape index (κ1) is 15.6. The van der Waals surface area contributed by atoms with Crippen LogP contribution in [0.3, 0.4) is 0 Å². The third kappa shape index (κ3) is 3.99. The van der Waals surface area contributed by atoms with Crippen LogP contribution in [0, 0.1) is 0 Å². The molecular formula is C11H12ClF3N2O2. The van der Waals surface area contributed by atoms with Gasteiger partial charge in [0.25, 0.3) is 0 Å². The van der Waals surface area contributed by atoms with Gasteiger partial charge in [-0.15, -0.1) is 0 Å². The number of carbonyl (C=O) groups is 1. The molecule has 1 heterocycles. The van der Waals surface area contributed by atoms with E-state index >= 15 is 0 Å². The molecule has 0 spiro atoms. The number of pyridine rings is 1. The lowest BCUT2D eigenvalue weighted by Gasteiger charge is -2.24. The summed E-state index contributed by atoms with van der Waals surface area (Å²) in [4.78, 5) is 14.3. The second-order valence-electron chi connectivity index (χ2n) is 4.54. The normalized spacial score (nSPS) is 12.3. The number of hydrogen-bond donors (Lipinski definition) is 1. The average Bonchev–Trinajstić information content (AvgIpc) is 2.25. The zero-order valence-corrected chi connectivity index (χ0v) is 11.0. The number of nitrogens with two attached hydrogens (primary N) is 1. The van der Waals surface area contributed by atoms with Crippen molar-refractivity contribution in [3.63, 3.8) is 0 Å². The van der Waals surface area contributed by atoms with Gasteiger partial charge in [-0.3, -0.25) is 4.98 Å². The first-order valence-electron chi connectivity index (χ1n) is 5.19. The molecule has 2 N–H and O–H groups in total. The summed E-state index contributed by atoms with van der Waals surface area (Å²) in [6, 6.07) is 0.788. The van der Waals surface area contributed by atoms with E-state index in [9.17, 15) is 18.0 Å². The molecule has 0 aliphatic carbocycles. The fourth-order valence-electron chi connectivity index (χ4n) is 1.41. The van der Waals surface area contributed by atoms with Crippen LogP contribution in [-0.2, 0) is 16.3 Å². The van der Waals surface area contributed by atoms with Crippen molar-refractivity contribution in [3.8, 4) is 0 Å². The zero-order valence-electron chi connectivity index (χ0n) is 10.2. The Morgan fingerprint density at radius 3 is 2.47 bits per heavy atom. The largest absolute Gasteiger partial charge is 0.449 e. The Labute approximate surface area is 112 Å². The molecule has 0 saturated heterocycles. The molecule has 0 bridgehead atoms. The molecule has 0 unspecified atom stereocenters. The second-order valence-corrected chi connectivity index (χ2v) is 4.95. The molecule has 0 atom stereocenters. The van der Waals surface area contributed by atoms with E-state index in [1.165, 1.54) is 0 Å². The molecule has 1 amide bonds.